The highest BCUT2D eigenvalue weighted by Gasteiger charge is 2.43. The molecule has 2 aromatic heterocycles. The zero-order chi connectivity index (χ0) is 14.4. The van der Waals surface area contributed by atoms with Gasteiger partial charge in [0.2, 0.25) is 5.91 Å². The van der Waals surface area contributed by atoms with Gasteiger partial charge >= 0.3 is 0 Å². The summed E-state index contributed by atoms with van der Waals surface area (Å²) in [5.74, 6) is -0.784. The Morgan fingerprint density at radius 2 is 2.29 bits per heavy atom. The largest absolute Gasteiger partial charge is 0.302 e. The number of aromatic amines is 1. The van der Waals surface area contributed by atoms with Crippen LogP contribution in [0.5, 0.6) is 0 Å². The van der Waals surface area contributed by atoms with Gasteiger partial charge < -0.3 is 5.32 Å². The molecule has 1 fully saturated rings. The first kappa shape index (κ1) is 12.5. The highest BCUT2D eigenvalue weighted by atomic mass is 32.1. The summed E-state index contributed by atoms with van der Waals surface area (Å²) < 4.78 is 13.8. The van der Waals surface area contributed by atoms with Crippen molar-refractivity contribution in [3.8, 4) is 11.3 Å². The Bertz CT molecular complexity index is 814. The second-order valence-electron chi connectivity index (χ2n) is 5.02. The summed E-state index contributed by atoms with van der Waals surface area (Å²) in [5, 5.41) is 10.0. The zero-order valence-corrected chi connectivity index (χ0v) is 11.7. The van der Waals surface area contributed by atoms with E-state index >= 15 is 0 Å². The summed E-state index contributed by atoms with van der Waals surface area (Å²) in [6.07, 6.45) is 1.02. The number of nitrogens with zero attached hydrogens (tertiary/aromatic N) is 2. The van der Waals surface area contributed by atoms with Crippen molar-refractivity contribution < 1.29 is 9.18 Å². The number of aromatic nitrogens is 3. The fraction of sp³-hybridized carbons (Fsp3) is 0.214. The quantitative estimate of drug-likeness (QED) is 0.781. The van der Waals surface area contributed by atoms with Crippen LogP contribution < -0.4 is 5.32 Å². The number of thiazole rings is 1. The molecule has 0 bridgehead atoms. The maximum absolute atomic E-state index is 12.9. The molecule has 106 valence electrons. The van der Waals surface area contributed by atoms with Crippen molar-refractivity contribution in [2.24, 2.45) is 5.92 Å². The highest BCUT2D eigenvalue weighted by Crippen LogP contribution is 2.36. The van der Waals surface area contributed by atoms with Crippen LogP contribution in [0.25, 0.3) is 21.5 Å². The summed E-state index contributed by atoms with van der Waals surface area (Å²) in [6.45, 7) is 0. The molecule has 1 aliphatic carbocycles. The average molecular weight is 302 g/mol. The third-order valence-corrected chi connectivity index (χ3v) is 4.41. The molecular weight excluding hydrogens is 291 g/mol. The van der Waals surface area contributed by atoms with Gasteiger partial charge in [-0.05, 0) is 24.6 Å². The minimum atomic E-state index is -0.994. The number of carbonyl (C=O) groups excluding carboxylic acids is 1. The van der Waals surface area contributed by atoms with E-state index in [1.165, 1.54) is 11.3 Å². The van der Waals surface area contributed by atoms with E-state index in [1.807, 2.05) is 24.3 Å². The predicted molar refractivity (Wildman–Crippen MR) is 78.8 cm³/mol. The van der Waals surface area contributed by atoms with Crippen molar-refractivity contribution in [2.75, 3.05) is 5.32 Å². The number of rotatable bonds is 3. The third-order valence-electron chi connectivity index (χ3n) is 3.48. The summed E-state index contributed by atoms with van der Waals surface area (Å²) in [7, 11) is 0. The van der Waals surface area contributed by atoms with Crippen LogP contribution in [-0.2, 0) is 4.79 Å². The minimum Gasteiger partial charge on any atom is -0.302 e. The number of nitrogens with one attached hydrogen (secondary N) is 2. The van der Waals surface area contributed by atoms with Crippen LogP contribution in [0, 0.1) is 5.92 Å². The molecule has 3 aromatic rings. The summed E-state index contributed by atoms with van der Waals surface area (Å²) in [4.78, 5) is 16.1. The maximum atomic E-state index is 12.9. The molecule has 1 unspecified atom stereocenters. The Morgan fingerprint density at radius 1 is 1.43 bits per heavy atom. The fourth-order valence-corrected chi connectivity index (χ4v) is 3.10. The van der Waals surface area contributed by atoms with E-state index in [1.54, 1.807) is 6.20 Å². The van der Waals surface area contributed by atoms with Crippen molar-refractivity contribution in [2.45, 2.75) is 12.6 Å². The highest BCUT2D eigenvalue weighted by molar-refractivity contribution is 7.22. The fourth-order valence-electron chi connectivity index (χ4n) is 2.20. The molecule has 2 N–H and O–H groups in total. The number of halogens is 1. The van der Waals surface area contributed by atoms with Gasteiger partial charge in [-0.3, -0.25) is 9.89 Å². The molecule has 1 saturated carbocycles. The van der Waals surface area contributed by atoms with Gasteiger partial charge in [0, 0.05) is 11.8 Å². The van der Waals surface area contributed by atoms with Gasteiger partial charge in [-0.1, -0.05) is 17.4 Å². The van der Waals surface area contributed by atoms with E-state index < -0.39 is 12.1 Å². The van der Waals surface area contributed by atoms with E-state index in [4.69, 9.17) is 0 Å². The van der Waals surface area contributed by atoms with Gasteiger partial charge in [0.05, 0.1) is 21.8 Å². The Kier molecular flexibility index (Phi) is 2.75. The van der Waals surface area contributed by atoms with E-state index in [0.29, 0.717) is 11.6 Å². The van der Waals surface area contributed by atoms with Crippen LogP contribution in [-0.4, -0.2) is 27.3 Å². The Balaban J connectivity index is 1.62. The predicted octanol–water partition coefficient (Wildman–Crippen LogP) is 2.98. The SMILES string of the molecule is O=C(Nc1nc2ccc(-c3ccn[nH]3)cc2s1)[C@@H]1CC1F. The number of hydrogen-bond donors (Lipinski definition) is 2. The zero-order valence-electron chi connectivity index (χ0n) is 10.8. The molecule has 0 saturated heterocycles. The molecular formula is C14H11FN4OS. The molecule has 0 aliphatic heterocycles. The van der Waals surface area contributed by atoms with Crippen molar-refractivity contribution in [1.29, 1.82) is 0 Å². The van der Waals surface area contributed by atoms with Gasteiger partial charge in [0.1, 0.15) is 6.17 Å². The summed E-state index contributed by atoms with van der Waals surface area (Å²) >= 11 is 1.38. The molecule has 2 heterocycles. The molecule has 1 amide bonds. The second kappa shape index (κ2) is 4.63. The molecule has 1 aromatic carbocycles. The lowest BCUT2D eigenvalue weighted by atomic mass is 10.1. The topological polar surface area (TPSA) is 70.7 Å². The van der Waals surface area contributed by atoms with Crippen LogP contribution in [0.15, 0.2) is 30.5 Å². The number of fused-ring (bicyclic) bond motifs is 1. The Labute approximate surface area is 123 Å². The number of amides is 1. The standard InChI is InChI=1S/C14H11FN4OS/c15-9-6-8(9)13(20)18-14-17-11-2-1-7(5-12(11)21-14)10-3-4-16-19-10/h1-5,8-9H,6H2,(H,16,19)(H,17,18,20)/t8-,9?/m1/s1. The van der Waals surface area contributed by atoms with Crippen molar-refractivity contribution in [1.82, 2.24) is 15.2 Å². The van der Waals surface area contributed by atoms with E-state index in [0.717, 1.165) is 21.5 Å². The number of carbonyl (C=O) groups is 1. The molecule has 4 rings (SSSR count). The Hall–Kier alpha value is -2.28. The van der Waals surface area contributed by atoms with Crippen molar-refractivity contribution >= 4 is 32.6 Å². The first-order valence-corrected chi connectivity index (χ1v) is 7.37. The summed E-state index contributed by atoms with van der Waals surface area (Å²) in [5.41, 5.74) is 2.74. The van der Waals surface area contributed by atoms with Crippen molar-refractivity contribution in [3.63, 3.8) is 0 Å². The monoisotopic (exact) mass is 302 g/mol. The molecule has 2 atom stereocenters. The normalized spacial score (nSPS) is 20.6. The first-order valence-electron chi connectivity index (χ1n) is 6.56. The first-order chi connectivity index (χ1) is 10.2. The van der Waals surface area contributed by atoms with Crippen LogP contribution in [0.4, 0.5) is 9.52 Å². The maximum Gasteiger partial charge on any atom is 0.232 e. The van der Waals surface area contributed by atoms with Crippen LogP contribution in [0.1, 0.15) is 6.42 Å². The number of alkyl halides is 1. The molecule has 7 heteroatoms. The number of H-pyrrole nitrogens is 1. The van der Waals surface area contributed by atoms with Gasteiger partial charge in [-0.25, -0.2) is 9.37 Å². The second-order valence-corrected chi connectivity index (χ2v) is 6.05. The lowest BCUT2D eigenvalue weighted by Crippen LogP contribution is -2.14. The summed E-state index contributed by atoms with van der Waals surface area (Å²) in [6, 6.07) is 7.72. The van der Waals surface area contributed by atoms with E-state index in [2.05, 4.69) is 20.5 Å². The van der Waals surface area contributed by atoms with Crippen LogP contribution in [0.3, 0.4) is 0 Å². The van der Waals surface area contributed by atoms with Gasteiger partial charge in [-0.2, -0.15) is 5.10 Å². The molecule has 21 heavy (non-hydrogen) atoms. The van der Waals surface area contributed by atoms with Crippen LogP contribution in [0.2, 0.25) is 0 Å². The number of hydrogen-bond acceptors (Lipinski definition) is 4. The molecule has 5 nitrogen and oxygen atoms in total. The Morgan fingerprint density at radius 3 is 3.00 bits per heavy atom. The van der Waals surface area contributed by atoms with E-state index in [-0.39, 0.29) is 5.91 Å². The number of benzene rings is 1. The van der Waals surface area contributed by atoms with Gasteiger partial charge in [0.25, 0.3) is 0 Å². The van der Waals surface area contributed by atoms with Gasteiger partial charge in [-0.15, -0.1) is 0 Å². The van der Waals surface area contributed by atoms with E-state index in [9.17, 15) is 9.18 Å². The molecule has 0 spiro atoms. The molecule has 0 radical (unpaired) electrons. The lowest BCUT2D eigenvalue weighted by Gasteiger charge is -1.97. The van der Waals surface area contributed by atoms with Gasteiger partial charge in [0.15, 0.2) is 5.13 Å². The minimum absolute atomic E-state index is 0.282. The van der Waals surface area contributed by atoms with Crippen molar-refractivity contribution in [3.05, 3.63) is 30.5 Å². The third kappa shape index (κ3) is 2.29. The van der Waals surface area contributed by atoms with Crippen LogP contribution >= 0.6 is 11.3 Å². The smallest absolute Gasteiger partial charge is 0.232 e. The lowest BCUT2D eigenvalue weighted by molar-refractivity contribution is -0.117. The molecule has 1 aliphatic rings. The number of anilines is 1. The average Bonchev–Trinajstić information content (AvgIpc) is 2.92.